The monoisotopic (exact) mass is 313 g/mol. The van der Waals surface area contributed by atoms with Crippen molar-refractivity contribution < 1.29 is 4.79 Å². The summed E-state index contributed by atoms with van der Waals surface area (Å²) in [7, 11) is 0. The summed E-state index contributed by atoms with van der Waals surface area (Å²) in [4.78, 5) is 12.1. The molecule has 2 rings (SSSR count). The van der Waals surface area contributed by atoms with E-state index in [0.717, 1.165) is 0 Å². The van der Waals surface area contributed by atoms with Crippen molar-refractivity contribution in [2.75, 3.05) is 5.32 Å². The number of aromatic nitrogens is 3. The molecule has 0 aliphatic heterocycles. The van der Waals surface area contributed by atoms with Gasteiger partial charge in [-0.3, -0.25) is 4.79 Å². The van der Waals surface area contributed by atoms with Gasteiger partial charge in [0.2, 0.25) is 5.91 Å². The van der Waals surface area contributed by atoms with Crippen molar-refractivity contribution in [3.8, 4) is 0 Å². The van der Waals surface area contributed by atoms with Crippen molar-refractivity contribution in [1.82, 2.24) is 15.0 Å². The van der Waals surface area contributed by atoms with Crippen LogP contribution < -0.4 is 11.1 Å². The molecule has 0 spiro atoms. The predicted molar refractivity (Wildman–Crippen MR) is 77.7 cm³/mol. The maximum Gasteiger partial charge on any atom is 0.249 e. The molecule has 6 nitrogen and oxygen atoms in total. The lowest BCUT2D eigenvalue weighted by Gasteiger charge is -2.13. The van der Waals surface area contributed by atoms with Gasteiger partial charge in [-0.1, -0.05) is 28.4 Å². The van der Waals surface area contributed by atoms with Gasteiger partial charge in [-0.15, -0.1) is 5.10 Å². The Hall–Kier alpha value is -1.63. The van der Waals surface area contributed by atoms with Crippen LogP contribution in [0.4, 0.5) is 5.69 Å². The molecule has 0 radical (unpaired) electrons. The minimum Gasteiger partial charge on any atom is -0.325 e. The number of carbonyl (C=O) groups excluding carboxylic acids is 1. The molecule has 1 amide bonds. The minimum absolute atomic E-state index is 0.272. The SMILES string of the molecule is CC(C(=O)Nc1cc(Cl)ccc1Cl)n1cc(CN)nn1. The number of rotatable bonds is 4. The van der Waals surface area contributed by atoms with Gasteiger partial charge in [0.1, 0.15) is 6.04 Å². The molecule has 0 saturated carbocycles. The summed E-state index contributed by atoms with van der Waals surface area (Å²) >= 11 is 11.9. The van der Waals surface area contributed by atoms with Crippen molar-refractivity contribution in [1.29, 1.82) is 0 Å². The van der Waals surface area contributed by atoms with Crippen LogP contribution in [0.3, 0.4) is 0 Å². The Bertz CT molecular complexity index is 628. The molecule has 106 valence electrons. The molecule has 20 heavy (non-hydrogen) atoms. The zero-order chi connectivity index (χ0) is 14.7. The molecule has 1 aromatic heterocycles. The first-order valence-corrected chi connectivity index (χ1v) is 6.63. The first-order valence-electron chi connectivity index (χ1n) is 5.88. The molecule has 3 N–H and O–H groups in total. The van der Waals surface area contributed by atoms with Crippen LogP contribution in [0.5, 0.6) is 0 Å². The number of benzene rings is 1. The van der Waals surface area contributed by atoms with Crippen molar-refractivity contribution in [2.24, 2.45) is 5.73 Å². The van der Waals surface area contributed by atoms with Gasteiger partial charge < -0.3 is 11.1 Å². The van der Waals surface area contributed by atoms with E-state index >= 15 is 0 Å². The molecular formula is C12H13Cl2N5O. The molecule has 1 aromatic carbocycles. The highest BCUT2D eigenvalue weighted by atomic mass is 35.5. The molecule has 0 aliphatic rings. The Morgan fingerprint density at radius 2 is 2.25 bits per heavy atom. The molecular weight excluding hydrogens is 301 g/mol. The number of halogens is 2. The van der Waals surface area contributed by atoms with Crippen LogP contribution >= 0.6 is 23.2 Å². The summed E-state index contributed by atoms with van der Waals surface area (Å²) in [5.41, 5.74) is 6.52. The second-order valence-electron chi connectivity index (χ2n) is 4.18. The quantitative estimate of drug-likeness (QED) is 0.906. The van der Waals surface area contributed by atoms with E-state index in [-0.39, 0.29) is 12.5 Å². The molecule has 0 saturated heterocycles. The van der Waals surface area contributed by atoms with Crippen LogP contribution in [-0.2, 0) is 11.3 Å². The Labute approximate surface area is 125 Å². The summed E-state index contributed by atoms with van der Waals surface area (Å²) in [6.45, 7) is 1.97. The molecule has 8 heteroatoms. The highest BCUT2D eigenvalue weighted by molar-refractivity contribution is 6.35. The van der Waals surface area contributed by atoms with Gasteiger partial charge in [-0.25, -0.2) is 4.68 Å². The number of amides is 1. The maximum atomic E-state index is 12.1. The third-order valence-electron chi connectivity index (χ3n) is 2.73. The fourth-order valence-electron chi connectivity index (χ4n) is 1.55. The first-order chi connectivity index (χ1) is 9.51. The number of nitrogens with one attached hydrogen (secondary N) is 1. The van der Waals surface area contributed by atoms with E-state index in [1.165, 1.54) is 4.68 Å². The second kappa shape index (κ2) is 6.21. The van der Waals surface area contributed by atoms with E-state index in [9.17, 15) is 4.79 Å². The van der Waals surface area contributed by atoms with Crippen LogP contribution in [0.1, 0.15) is 18.7 Å². The van der Waals surface area contributed by atoms with Crippen LogP contribution in [0.25, 0.3) is 0 Å². The number of carbonyl (C=O) groups is 1. The van der Waals surface area contributed by atoms with E-state index in [0.29, 0.717) is 21.4 Å². The average molecular weight is 314 g/mol. The maximum absolute atomic E-state index is 12.1. The van der Waals surface area contributed by atoms with E-state index in [1.807, 2.05) is 0 Å². The van der Waals surface area contributed by atoms with E-state index in [1.54, 1.807) is 31.3 Å². The van der Waals surface area contributed by atoms with E-state index in [4.69, 9.17) is 28.9 Å². The highest BCUT2D eigenvalue weighted by Gasteiger charge is 2.17. The van der Waals surface area contributed by atoms with Gasteiger partial charge in [0.15, 0.2) is 0 Å². The lowest BCUT2D eigenvalue weighted by molar-refractivity contribution is -0.119. The first kappa shape index (κ1) is 14.8. The van der Waals surface area contributed by atoms with E-state index < -0.39 is 6.04 Å². The van der Waals surface area contributed by atoms with Crippen molar-refractivity contribution in [3.05, 3.63) is 40.1 Å². The van der Waals surface area contributed by atoms with Gasteiger partial charge in [-0.2, -0.15) is 0 Å². The van der Waals surface area contributed by atoms with E-state index in [2.05, 4.69) is 15.6 Å². The molecule has 0 fully saturated rings. The van der Waals surface area contributed by atoms with Crippen LogP contribution in [0.2, 0.25) is 10.0 Å². The number of nitrogens with zero attached hydrogens (tertiary/aromatic N) is 3. The summed E-state index contributed by atoms with van der Waals surface area (Å²) in [5.74, 6) is -0.275. The topological polar surface area (TPSA) is 85.8 Å². The minimum atomic E-state index is -0.544. The van der Waals surface area contributed by atoms with Crippen molar-refractivity contribution >= 4 is 34.8 Å². The predicted octanol–water partition coefficient (Wildman–Crippen LogP) is 2.24. The van der Waals surface area contributed by atoms with Crippen LogP contribution in [-0.4, -0.2) is 20.9 Å². The zero-order valence-electron chi connectivity index (χ0n) is 10.7. The second-order valence-corrected chi connectivity index (χ2v) is 5.03. The summed E-state index contributed by atoms with van der Waals surface area (Å²) < 4.78 is 1.44. The van der Waals surface area contributed by atoms with Gasteiger partial charge in [-0.05, 0) is 25.1 Å². The lowest BCUT2D eigenvalue weighted by atomic mass is 10.2. The fraction of sp³-hybridized carbons (Fsp3) is 0.250. The third kappa shape index (κ3) is 3.27. The molecule has 1 heterocycles. The number of anilines is 1. The van der Waals surface area contributed by atoms with Crippen molar-refractivity contribution in [3.63, 3.8) is 0 Å². The largest absolute Gasteiger partial charge is 0.325 e. The zero-order valence-corrected chi connectivity index (χ0v) is 12.2. The third-order valence-corrected chi connectivity index (χ3v) is 3.29. The van der Waals surface area contributed by atoms with Crippen LogP contribution in [0, 0.1) is 0 Å². The summed E-state index contributed by atoms with van der Waals surface area (Å²) in [5, 5.41) is 11.3. The Balaban J connectivity index is 2.13. The Morgan fingerprint density at radius 3 is 2.90 bits per heavy atom. The van der Waals surface area contributed by atoms with Gasteiger partial charge in [0.25, 0.3) is 0 Å². The summed E-state index contributed by atoms with van der Waals surface area (Å²) in [6.07, 6.45) is 1.63. The number of hydrogen-bond donors (Lipinski definition) is 2. The highest BCUT2D eigenvalue weighted by Crippen LogP contribution is 2.26. The van der Waals surface area contributed by atoms with Crippen LogP contribution in [0.15, 0.2) is 24.4 Å². The smallest absolute Gasteiger partial charge is 0.249 e. The Morgan fingerprint density at radius 1 is 1.50 bits per heavy atom. The normalized spacial score (nSPS) is 12.2. The molecule has 0 bridgehead atoms. The molecule has 2 aromatic rings. The number of hydrogen-bond acceptors (Lipinski definition) is 4. The summed E-state index contributed by atoms with van der Waals surface area (Å²) in [6, 6.07) is 4.30. The number of nitrogens with two attached hydrogens (primary N) is 1. The molecule has 0 aliphatic carbocycles. The lowest BCUT2D eigenvalue weighted by Crippen LogP contribution is -2.24. The van der Waals surface area contributed by atoms with Gasteiger partial charge in [0, 0.05) is 11.6 Å². The van der Waals surface area contributed by atoms with Crippen molar-refractivity contribution in [2.45, 2.75) is 19.5 Å². The fourth-order valence-corrected chi connectivity index (χ4v) is 1.88. The van der Waals surface area contributed by atoms with Gasteiger partial charge >= 0.3 is 0 Å². The van der Waals surface area contributed by atoms with Gasteiger partial charge in [0.05, 0.1) is 22.6 Å². The standard InChI is InChI=1S/C12H13Cl2N5O/c1-7(19-6-9(5-15)17-18-19)12(20)16-11-4-8(13)2-3-10(11)14/h2-4,6-7H,5,15H2,1H3,(H,16,20). The average Bonchev–Trinajstić information content (AvgIpc) is 2.90. The Kier molecular flexibility index (Phi) is 4.59. The molecule has 1 unspecified atom stereocenters. The molecule has 1 atom stereocenters.